The molecule has 1 aromatic heterocycles. The molecule has 0 aromatic carbocycles. The zero-order valence-corrected chi connectivity index (χ0v) is 12.4. The van der Waals surface area contributed by atoms with E-state index in [4.69, 9.17) is 5.11 Å². The summed E-state index contributed by atoms with van der Waals surface area (Å²) < 4.78 is 1.94. The molecule has 2 rings (SSSR count). The number of nitrogens with one attached hydrogen (secondary N) is 1. The maximum Gasteiger partial charge on any atom is 0.405 e. The normalized spacial score (nSPS) is 21.3. The molecule has 0 bridgehead atoms. The Morgan fingerprint density at radius 1 is 1.60 bits per heavy atom. The molecule has 6 nitrogen and oxygen atoms in total. The topological polar surface area (TPSA) is 70.4 Å². The van der Waals surface area contributed by atoms with Gasteiger partial charge in [-0.05, 0) is 31.8 Å². The van der Waals surface area contributed by atoms with Crippen molar-refractivity contribution in [2.24, 2.45) is 11.8 Å². The third kappa shape index (κ3) is 3.72. The first-order valence-electron chi connectivity index (χ1n) is 7.16. The minimum absolute atomic E-state index is 0.196. The van der Waals surface area contributed by atoms with Crippen LogP contribution >= 0.6 is 0 Å². The van der Waals surface area contributed by atoms with Crippen LogP contribution in [0.3, 0.4) is 0 Å². The summed E-state index contributed by atoms with van der Waals surface area (Å²) >= 11 is 0. The van der Waals surface area contributed by atoms with Gasteiger partial charge in [0.2, 0.25) is 0 Å². The van der Waals surface area contributed by atoms with Crippen molar-refractivity contribution in [1.29, 1.82) is 0 Å². The van der Waals surface area contributed by atoms with Crippen molar-refractivity contribution in [3.05, 3.63) is 18.0 Å². The van der Waals surface area contributed by atoms with Gasteiger partial charge in [0.15, 0.2) is 0 Å². The van der Waals surface area contributed by atoms with E-state index in [1.54, 1.807) is 6.20 Å². The maximum absolute atomic E-state index is 10.9. The zero-order valence-electron chi connectivity index (χ0n) is 12.4. The highest BCUT2D eigenvalue weighted by Gasteiger charge is 2.22. The summed E-state index contributed by atoms with van der Waals surface area (Å²) in [6, 6.07) is -0.201. The smallest absolute Gasteiger partial charge is 0.405 e. The van der Waals surface area contributed by atoms with Gasteiger partial charge in [0.1, 0.15) is 0 Å². The molecule has 20 heavy (non-hydrogen) atoms. The van der Waals surface area contributed by atoms with Crippen molar-refractivity contribution in [3.63, 3.8) is 0 Å². The van der Waals surface area contributed by atoms with Crippen molar-refractivity contribution < 1.29 is 9.90 Å². The van der Waals surface area contributed by atoms with Gasteiger partial charge in [-0.3, -0.25) is 4.68 Å². The summed E-state index contributed by atoms with van der Waals surface area (Å²) in [4.78, 5) is 13.2. The molecular weight excluding hydrogens is 256 g/mol. The van der Waals surface area contributed by atoms with Crippen molar-refractivity contribution in [3.8, 4) is 0 Å². The van der Waals surface area contributed by atoms with Gasteiger partial charge in [0, 0.05) is 24.8 Å². The van der Waals surface area contributed by atoms with Crippen LogP contribution in [0.1, 0.15) is 31.9 Å². The lowest BCUT2D eigenvalue weighted by molar-refractivity contribution is 0.186. The number of amides is 1. The quantitative estimate of drug-likeness (QED) is 0.863. The molecule has 2 atom stereocenters. The van der Waals surface area contributed by atoms with Crippen molar-refractivity contribution >= 4 is 6.09 Å². The molecule has 0 spiro atoms. The Balaban J connectivity index is 2.01. The molecule has 0 saturated carbocycles. The van der Waals surface area contributed by atoms with Gasteiger partial charge in [0.05, 0.1) is 12.2 Å². The lowest BCUT2D eigenvalue weighted by atomic mass is 9.99. The number of hydrogen-bond acceptors (Lipinski definition) is 3. The Morgan fingerprint density at radius 3 is 2.90 bits per heavy atom. The lowest BCUT2D eigenvalue weighted by Gasteiger charge is -2.19. The van der Waals surface area contributed by atoms with Crippen LogP contribution in [-0.4, -0.2) is 46.0 Å². The van der Waals surface area contributed by atoms with Gasteiger partial charge in [-0.25, -0.2) is 4.79 Å². The number of likely N-dealkylation sites (tertiary alicyclic amines) is 1. The van der Waals surface area contributed by atoms with Crippen molar-refractivity contribution in [2.45, 2.75) is 32.9 Å². The first kappa shape index (κ1) is 14.8. The van der Waals surface area contributed by atoms with Gasteiger partial charge < -0.3 is 15.3 Å². The number of hydrogen-bond donors (Lipinski definition) is 2. The molecule has 2 heterocycles. The van der Waals surface area contributed by atoms with Gasteiger partial charge in [0.25, 0.3) is 0 Å². The van der Waals surface area contributed by atoms with E-state index in [1.807, 2.05) is 24.7 Å². The van der Waals surface area contributed by atoms with Crippen molar-refractivity contribution in [1.82, 2.24) is 20.0 Å². The monoisotopic (exact) mass is 280 g/mol. The summed E-state index contributed by atoms with van der Waals surface area (Å²) in [5, 5.41) is 15.9. The third-order valence-corrected chi connectivity index (χ3v) is 3.89. The predicted octanol–water partition coefficient (Wildman–Crippen LogP) is 1.80. The average Bonchev–Trinajstić information content (AvgIpc) is 2.96. The maximum atomic E-state index is 10.9. The molecule has 2 N–H and O–H groups in total. The first-order chi connectivity index (χ1) is 9.45. The number of aromatic nitrogens is 2. The van der Waals surface area contributed by atoms with Crippen LogP contribution in [0.15, 0.2) is 12.4 Å². The Morgan fingerprint density at radius 2 is 2.35 bits per heavy atom. The number of rotatable bonds is 5. The molecule has 0 aliphatic carbocycles. The van der Waals surface area contributed by atoms with E-state index < -0.39 is 6.09 Å². The SMILES string of the molecule is CC(C)[C@H](NC(=O)O)c1cnn(C[C@H]2CCN(C)C2)c1. The molecule has 1 fully saturated rings. The van der Waals surface area contributed by atoms with Crippen LogP contribution in [0, 0.1) is 11.8 Å². The highest BCUT2D eigenvalue weighted by atomic mass is 16.4. The summed E-state index contributed by atoms with van der Waals surface area (Å²) in [6.07, 6.45) is 3.96. The molecule has 1 saturated heterocycles. The second-order valence-corrected chi connectivity index (χ2v) is 6.08. The minimum Gasteiger partial charge on any atom is -0.465 e. The van der Waals surface area contributed by atoms with Gasteiger partial charge in [-0.1, -0.05) is 13.8 Å². The lowest BCUT2D eigenvalue weighted by Crippen LogP contribution is -2.30. The second-order valence-electron chi connectivity index (χ2n) is 6.08. The third-order valence-electron chi connectivity index (χ3n) is 3.89. The van der Waals surface area contributed by atoms with Gasteiger partial charge in [-0.15, -0.1) is 0 Å². The van der Waals surface area contributed by atoms with E-state index in [-0.39, 0.29) is 12.0 Å². The summed E-state index contributed by atoms with van der Waals surface area (Å²) in [7, 11) is 2.14. The van der Waals surface area contributed by atoms with Crippen molar-refractivity contribution in [2.75, 3.05) is 20.1 Å². The summed E-state index contributed by atoms with van der Waals surface area (Å²) in [6.45, 7) is 7.17. The average molecular weight is 280 g/mol. The molecule has 6 heteroatoms. The fourth-order valence-corrected chi connectivity index (χ4v) is 2.85. The molecule has 0 unspecified atom stereocenters. The number of nitrogens with zero attached hydrogens (tertiary/aromatic N) is 3. The molecular formula is C14H24N4O2. The second kappa shape index (κ2) is 6.26. The molecule has 1 aromatic rings. The van der Waals surface area contributed by atoms with E-state index in [0.29, 0.717) is 5.92 Å². The van der Waals surface area contributed by atoms with E-state index in [2.05, 4.69) is 22.4 Å². The molecule has 1 aliphatic rings. The Hall–Kier alpha value is -1.56. The summed E-state index contributed by atoms with van der Waals surface area (Å²) in [5.41, 5.74) is 0.939. The highest BCUT2D eigenvalue weighted by molar-refractivity contribution is 5.65. The van der Waals surface area contributed by atoms with E-state index in [9.17, 15) is 4.79 Å². The number of carbonyl (C=O) groups is 1. The van der Waals surface area contributed by atoms with E-state index >= 15 is 0 Å². The van der Waals surface area contributed by atoms with E-state index in [0.717, 1.165) is 25.2 Å². The zero-order chi connectivity index (χ0) is 14.7. The van der Waals surface area contributed by atoms with E-state index in [1.165, 1.54) is 6.42 Å². The number of carboxylic acid groups (broad SMARTS) is 1. The first-order valence-corrected chi connectivity index (χ1v) is 7.16. The van der Waals surface area contributed by atoms with Crippen LogP contribution in [0.2, 0.25) is 0 Å². The standard InChI is InChI=1S/C14H24N4O2/c1-10(2)13(16-14(19)20)12-6-15-18(9-12)8-11-4-5-17(3)7-11/h6,9-11,13,16H,4-5,7-8H2,1-3H3,(H,19,20)/t11-,13-/m0/s1. The Bertz CT molecular complexity index is 458. The Labute approximate surface area is 119 Å². The van der Waals surface area contributed by atoms with Gasteiger partial charge in [-0.2, -0.15) is 5.10 Å². The molecule has 1 amide bonds. The van der Waals surface area contributed by atoms with Crippen LogP contribution in [0.4, 0.5) is 4.79 Å². The van der Waals surface area contributed by atoms with Gasteiger partial charge >= 0.3 is 6.09 Å². The predicted molar refractivity (Wildman–Crippen MR) is 76.6 cm³/mol. The van der Waals surface area contributed by atoms with Crippen LogP contribution in [0.25, 0.3) is 0 Å². The van der Waals surface area contributed by atoms with Crippen LogP contribution in [-0.2, 0) is 6.54 Å². The Kier molecular flexibility index (Phi) is 4.65. The molecule has 0 radical (unpaired) electrons. The fraction of sp³-hybridized carbons (Fsp3) is 0.714. The van der Waals surface area contributed by atoms with Crippen LogP contribution < -0.4 is 5.32 Å². The summed E-state index contributed by atoms with van der Waals surface area (Å²) in [5.74, 6) is 0.832. The molecule has 1 aliphatic heterocycles. The largest absolute Gasteiger partial charge is 0.465 e. The minimum atomic E-state index is -0.992. The van der Waals surface area contributed by atoms with Crippen LogP contribution in [0.5, 0.6) is 0 Å². The molecule has 112 valence electrons. The highest BCUT2D eigenvalue weighted by Crippen LogP contribution is 2.22. The fourth-order valence-electron chi connectivity index (χ4n) is 2.85.